The third kappa shape index (κ3) is 2.64. The SMILES string of the molecule is CC1(c2nn[nH]n2)CCCN(C(=O)c2ccc(Cl)c(O)c2)C1. The fourth-order valence-electron chi connectivity index (χ4n) is 2.84. The van der Waals surface area contributed by atoms with Gasteiger partial charge in [0.2, 0.25) is 0 Å². The van der Waals surface area contributed by atoms with E-state index in [0.717, 1.165) is 12.8 Å². The summed E-state index contributed by atoms with van der Waals surface area (Å²) in [5.74, 6) is 0.385. The number of likely N-dealkylation sites (tertiary alicyclic amines) is 1. The first kappa shape index (κ1) is 14.8. The van der Waals surface area contributed by atoms with Crippen LogP contribution < -0.4 is 0 Å². The molecule has 0 bridgehead atoms. The predicted molar refractivity (Wildman–Crippen MR) is 79.8 cm³/mol. The summed E-state index contributed by atoms with van der Waals surface area (Å²) in [5.41, 5.74) is 0.0920. The van der Waals surface area contributed by atoms with Gasteiger partial charge in [0.1, 0.15) is 5.75 Å². The van der Waals surface area contributed by atoms with Gasteiger partial charge in [0.05, 0.1) is 5.02 Å². The zero-order chi connectivity index (χ0) is 15.7. The van der Waals surface area contributed by atoms with Gasteiger partial charge < -0.3 is 10.0 Å². The highest BCUT2D eigenvalue weighted by Crippen LogP contribution is 2.32. The number of carbonyl (C=O) groups excluding carboxylic acids is 1. The summed E-state index contributed by atoms with van der Waals surface area (Å²) in [6, 6.07) is 4.53. The number of hydrogen-bond acceptors (Lipinski definition) is 5. The highest BCUT2D eigenvalue weighted by Gasteiger charge is 2.38. The summed E-state index contributed by atoms with van der Waals surface area (Å²) < 4.78 is 0. The van der Waals surface area contributed by atoms with Crippen LogP contribution in [0.5, 0.6) is 5.75 Å². The van der Waals surface area contributed by atoms with Gasteiger partial charge in [-0.15, -0.1) is 10.2 Å². The molecule has 8 heteroatoms. The van der Waals surface area contributed by atoms with Gasteiger partial charge in [-0.1, -0.05) is 23.7 Å². The van der Waals surface area contributed by atoms with Crippen LogP contribution in [-0.2, 0) is 5.41 Å². The number of nitrogens with zero attached hydrogens (tertiary/aromatic N) is 4. The molecule has 116 valence electrons. The van der Waals surface area contributed by atoms with Crippen molar-refractivity contribution in [3.8, 4) is 5.75 Å². The molecule has 0 spiro atoms. The lowest BCUT2D eigenvalue weighted by Crippen LogP contribution is -2.47. The monoisotopic (exact) mass is 321 g/mol. The molecule has 0 saturated carbocycles. The number of hydrogen-bond donors (Lipinski definition) is 2. The molecule has 1 unspecified atom stereocenters. The van der Waals surface area contributed by atoms with Crippen molar-refractivity contribution in [2.24, 2.45) is 0 Å². The largest absolute Gasteiger partial charge is 0.506 e. The molecule has 1 saturated heterocycles. The Balaban J connectivity index is 1.82. The number of tetrazole rings is 1. The van der Waals surface area contributed by atoms with Gasteiger partial charge in [-0.2, -0.15) is 5.21 Å². The number of carbonyl (C=O) groups is 1. The van der Waals surface area contributed by atoms with Crippen LogP contribution in [0.15, 0.2) is 18.2 Å². The molecule has 7 nitrogen and oxygen atoms in total. The Morgan fingerprint density at radius 3 is 3.00 bits per heavy atom. The topological polar surface area (TPSA) is 95.0 Å². The first-order chi connectivity index (χ1) is 10.5. The van der Waals surface area contributed by atoms with Gasteiger partial charge in [-0.3, -0.25) is 4.79 Å². The number of amides is 1. The molecule has 1 aromatic carbocycles. The molecule has 1 atom stereocenters. The lowest BCUT2D eigenvalue weighted by molar-refractivity contribution is 0.0643. The van der Waals surface area contributed by atoms with Crippen molar-refractivity contribution in [3.63, 3.8) is 0 Å². The second kappa shape index (κ2) is 5.57. The summed E-state index contributed by atoms with van der Waals surface area (Å²) >= 11 is 5.78. The van der Waals surface area contributed by atoms with E-state index in [2.05, 4.69) is 20.6 Å². The fourth-order valence-corrected chi connectivity index (χ4v) is 2.96. The van der Waals surface area contributed by atoms with Crippen molar-refractivity contribution in [1.29, 1.82) is 0 Å². The minimum absolute atomic E-state index is 0.0922. The maximum atomic E-state index is 12.6. The number of phenolic OH excluding ortho intramolecular Hbond substituents is 1. The number of H-pyrrole nitrogens is 1. The smallest absolute Gasteiger partial charge is 0.254 e. The number of benzene rings is 1. The van der Waals surface area contributed by atoms with E-state index in [1.165, 1.54) is 12.1 Å². The van der Waals surface area contributed by atoms with Gasteiger partial charge in [0.15, 0.2) is 5.82 Å². The Bertz CT molecular complexity index is 691. The number of aromatic amines is 1. The molecule has 2 aromatic rings. The van der Waals surface area contributed by atoms with E-state index < -0.39 is 0 Å². The van der Waals surface area contributed by atoms with Crippen molar-refractivity contribution >= 4 is 17.5 Å². The average molecular weight is 322 g/mol. The molecular weight excluding hydrogens is 306 g/mol. The van der Waals surface area contributed by atoms with E-state index >= 15 is 0 Å². The molecule has 0 aliphatic carbocycles. The molecular formula is C14H16ClN5O2. The Labute approximate surface area is 132 Å². The first-order valence-electron chi connectivity index (χ1n) is 7.01. The Kier molecular flexibility index (Phi) is 3.74. The van der Waals surface area contributed by atoms with E-state index in [4.69, 9.17) is 11.6 Å². The summed E-state index contributed by atoms with van der Waals surface area (Å²) in [6.07, 6.45) is 1.75. The van der Waals surface area contributed by atoms with Crippen molar-refractivity contribution < 1.29 is 9.90 Å². The van der Waals surface area contributed by atoms with E-state index in [-0.39, 0.29) is 22.1 Å². The predicted octanol–water partition coefficient (Wildman–Crippen LogP) is 1.75. The van der Waals surface area contributed by atoms with Crippen LogP contribution in [-0.4, -0.2) is 49.6 Å². The van der Waals surface area contributed by atoms with Gasteiger partial charge in [-0.05, 0) is 31.0 Å². The zero-order valence-corrected chi connectivity index (χ0v) is 12.8. The number of aromatic nitrogens is 4. The molecule has 1 aliphatic heterocycles. The molecule has 0 radical (unpaired) electrons. The van der Waals surface area contributed by atoms with Crippen molar-refractivity contribution in [2.75, 3.05) is 13.1 Å². The highest BCUT2D eigenvalue weighted by atomic mass is 35.5. The molecule has 3 rings (SSSR count). The first-order valence-corrected chi connectivity index (χ1v) is 7.39. The van der Waals surface area contributed by atoms with Crippen molar-refractivity contribution in [2.45, 2.75) is 25.2 Å². The number of rotatable bonds is 2. The van der Waals surface area contributed by atoms with Crippen LogP contribution >= 0.6 is 11.6 Å². The van der Waals surface area contributed by atoms with Crippen LogP contribution in [0.4, 0.5) is 0 Å². The molecule has 22 heavy (non-hydrogen) atoms. The van der Waals surface area contributed by atoms with Crippen LogP contribution in [0.2, 0.25) is 5.02 Å². The molecule has 1 aliphatic rings. The van der Waals surface area contributed by atoms with Crippen LogP contribution in [0.25, 0.3) is 0 Å². The molecule has 2 heterocycles. The third-order valence-electron chi connectivity index (χ3n) is 4.06. The number of aromatic hydroxyl groups is 1. The Morgan fingerprint density at radius 1 is 1.50 bits per heavy atom. The lowest BCUT2D eigenvalue weighted by atomic mass is 9.81. The summed E-state index contributed by atoms with van der Waals surface area (Å²) in [6.45, 7) is 3.20. The summed E-state index contributed by atoms with van der Waals surface area (Å²) in [5, 5.41) is 24.1. The second-order valence-electron chi connectivity index (χ2n) is 5.79. The van der Waals surface area contributed by atoms with Gasteiger partial charge in [0.25, 0.3) is 5.91 Å². The maximum Gasteiger partial charge on any atom is 0.254 e. The molecule has 2 N–H and O–H groups in total. The Hall–Kier alpha value is -2.15. The molecule has 1 amide bonds. The van der Waals surface area contributed by atoms with E-state index in [1.807, 2.05) is 6.92 Å². The highest BCUT2D eigenvalue weighted by molar-refractivity contribution is 6.32. The number of phenols is 1. The fraction of sp³-hybridized carbons (Fsp3) is 0.429. The quantitative estimate of drug-likeness (QED) is 0.878. The van der Waals surface area contributed by atoms with Gasteiger partial charge in [-0.25, -0.2) is 0 Å². The summed E-state index contributed by atoms with van der Waals surface area (Å²) in [7, 11) is 0. The van der Waals surface area contributed by atoms with Gasteiger partial charge in [0, 0.05) is 24.1 Å². The minimum Gasteiger partial charge on any atom is -0.506 e. The van der Waals surface area contributed by atoms with E-state index in [0.29, 0.717) is 24.5 Å². The van der Waals surface area contributed by atoms with E-state index in [1.54, 1.807) is 11.0 Å². The van der Waals surface area contributed by atoms with E-state index in [9.17, 15) is 9.90 Å². The normalized spacial score (nSPS) is 21.8. The number of piperidine rings is 1. The number of nitrogens with one attached hydrogen (secondary N) is 1. The van der Waals surface area contributed by atoms with Crippen LogP contribution in [0, 0.1) is 0 Å². The minimum atomic E-state index is -0.324. The standard InChI is InChI=1S/C14H16ClN5O2/c1-14(13-16-18-19-17-13)5-2-6-20(8-14)12(22)9-3-4-10(15)11(21)7-9/h3-4,7,21H,2,5-6,8H2,1H3,(H,16,17,18,19). The summed E-state index contributed by atoms with van der Waals surface area (Å²) in [4.78, 5) is 14.4. The van der Waals surface area contributed by atoms with Gasteiger partial charge >= 0.3 is 0 Å². The van der Waals surface area contributed by atoms with Crippen LogP contribution in [0.1, 0.15) is 35.9 Å². The van der Waals surface area contributed by atoms with Crippen molar-refractivity contribution in [1.82, 2.24) is 25.5 Å². The third-order valence-corrected chi connectivity index (χ3v) is 4.38. The number of halogens is 1. The molecule has 1 aromatic heterocycles. The zero-order valence-electron chi connectivity index (χ0n) is 12.1. The molecule has 1 fully saturated rings. The lowest BCUT2D eigenvalue weighted by Gasteiger charge is -2.38. The second-order valence-corrected chi connectivity index (χ2v) is 6.20. The van der Waals surface area contributed by atoms with Crippen molar-refractivity contribution in [3.05, 3.63) is 34.6 Å². The average Bonchev–Trinajstić information content (AvgIpc) is 3.04. The Morgan fingerprint density at radius 2 is 2.32 bits per heavy atom. The van der Waals surface area contributed by atoms with Crippen LogP contribution in [0.3, 0.4) is 0 Å². The maximum absolute atomic E-state index is 12.6.